The summed E-state index contributed by atoms with van der Waals surface area (Å²) in [6.07, 6.45) is 1.27. The Labute approximate surface area is 176 Å². The summed E-state index contributed by atoms with van der Waals surface area (Å²) in [4.78, 5) is 16.9. The molecule has 1 saturated heterocycles. The maximum Gasteiger partial charge on any atom is 0.222 e. The van der Waals surface area contributed by atoms with E-state index in [9.17, 15) is 4.79 Å². The van der Waals surface area contributed by atoms with Crippen LogP contribution in [0.25, 0.3) is 5.69 Å². The maximum atomic E-state index is 12.6. The second-order valence-electron chi connectivity index (χ2n) is 7.35. The molecule has 1 fully saturated rings. The molecule has 3 aromatic rings. The van der Waals surface area contributed by atoms with Gasteiger partial charge in [0.1, 0.15) is 5.75 Å². The van der Waals surface area contributed by atoms with Crippen LogP contribution in [0, 0.1) is 0 Å². The molecule has 0 atom stereocenters. The average molecular weight is 406 g/mol. The first-order valence-corrected chi connectivity index (χ1v) is 10.2. The molecule has 1 amide bonds. The number of carbonyl (C=O) groups is 1. The van der Waals surface area contributed by atoms with E-state index < -0.39 is 0 Å². The van der Waals surface area contributed by atoms with Gasteiger partial charge in [-0.15, -0.1) is 5.10 Å². The molecule has 2 heterocycles. The number of nitrogens with zero attached hydrogens (tertiary/aromatic N) is 6. The summed E-state index contributed by atoms with van der Waals surface area (Å²) in [5.41, 5.74) is 2.10. The molecule has 4 rings (SSSR count). The van der Waals surface area contributed by atoms with Crippen molar-refractivity contribution in [2.24, 2.45) is 0 Å². The number of rotatable bonds is 7. The molecule has 0 bridgehead atoms. The van der Waals surface area contributed by atoms with Crippen molar-refractivity contribution in [2.45, 2.75) is 19.4 Å². The fourth-order valence-corrected chi connectivity index (χ4v) is 3.63. The highest BCUT2D eigenvalue weighted by molar-refractivity contribution is 5.76. The first kappa shape index (κ1) is 20.0. The lowest BCUT2D eigenvalue weighted by atomic mass is 10.1. The average Bonchev–Trinajstić information content (AvgIpc) is 3.27. The number of ether oxygens (including phenoxy) is 1. The molecule has 1 aliphatic heterocycles. The summed E-state index contributed by atoms with van der Waals surface area (Å²) in [5.74, 6) is 1.85. The van der Waals surface area contributed by atoms with Crippen LogP contribution < -0.4 is 4.74 Å². The first-order valence-electron chi connectivity index (χ1n) is 10.2. The van der Waals surface area contributed by atoms with E-state index in [1.165, 1.54) is 0 Å². The lowest BCUT2D eigenvalue weighted by Crippen LogP contribution is -2.48. The zero-order chi connectivity index (χ0) is 20.8. The highest BCUT2D eigenvalue weighted by atomic mass is 16.5. The van der Waals surface area contributed by atoms with E-state index in [1.54, 1.807) is 11.8 Å². The van der Waals surface area contributed by atoms with Crippen LogP contribution in [0.1, 0.15) is 17.8 Å². The number of aromatic nitrogens is 4. The fourth-order valence-electron chi connectivity index (χ4n) is 3.63. The van der Waals surface area contributed by atoms with Crippen molar-refractivity contribution in [1.82, 2.24) is 30.0 Å². The summed E-state index contributed by atoms with van der Waals surface area (Å²) in [6, 6.07) is 17.8. The highest BCUT2D eigenvalue weighted by Gasteiger charge is 2.22. The van der Waals surface area contributed by atoms with Crippen molar-refractivity contribution in [2.75, 3.05) is 33.3 Å². The molecular formula is C22H26N6O2. The van der Waals surface area contributed by atoms with E-state index in [1.807, 2.05) is 59.5 Å². The van der Waals surface area contributed by atoms with Crippen LogP contribution in [-0.4, -0.2) is 69.2 Å². The predicted octanol–water partition coefficient (Wildman–Crippen LogP) is 1.95. The van der Waals surface area contributed by atoms with Crippen LogP contribution in [0.2, 0.25) is 0 Å². The largest absolute Gasteiger partial charge is 0.497 e. The first-order chi connectivity index (χ1) is 14.7. The molecule has 8 heteroatoms. The van der Waals surface area contributed by atoms with Gasteiger partial charge in [0, 0.05) is 32.6 Å². The van der Waals surface area contributed by atoms with Crippen molar-refractivity contribution in [3.8, 4) is 11.4 Å². The van der Waals surface area contributed by atoms with Crippen molar-refractivity contribution >= 4 is 5.91 Å². The van der Waals surface area contributed by atoms with E-state index in [0.29, 0.717) is 13.0 Å². The Kier molecular flexibility index (Phi) is 6.34. The molecule has 156 valence electrons. The normalized spacial score (nSPS) is 14.6. The Hall–Kier alpha value is -3.26. The van der Waals surface area contributed by atoms with Crippen LogP contribution in [0.3, 0.4) is 0 Å². The van der Waals surface area contributed by atoms with Crippen LogP contribution >= 0.6 is 0 Å². The lowest BCUT2D eigenvalue weighted by molar-refractivity contribution is -0.133. The summed E-state index contributed by atoms with van der Waals surface area (Å²) in [6.45, 7) is 3.75. The van der Waals surface area contributed by atoms with Gasteiger partial charge < -0.3 is 9.64 Å². The fraction of sp³-hybridized carbons (Fsp3) is 0.364. The SMILES string of the molecule is COc1ccc(CCC(=O)N2CCN(Cc3nnnn3-c3ccccc3)CC2)cc1. The minimum absolute atomic E-state index is 0.208. The summed E-state index contributed by atoms with van der Waals surface area (Å²) in [5, 5.41) is 12.1. The Morgan fingerprint density at radius 3 is 2.43 bits per heavy atom. The molecule has 1 aliphatic rings. The zero-order valence-electron chi connectivity index (χ0n) is 17.1. The van der Waals surface area contributed by atoms with Crippen molar-refractivity contribution in [3.05, 3.63) is 66.0 Å². The van der Waals surface area contributed by atoms with Gasteiger partial charge in [-0.2, -0.15) is 4.68 Å². The standard InChI is InChI=1S/C22H26N6O2/c1-30-20-10-7-18(8-11-20)9-12-22(29)27-15-13-26(14-16-27)17-21-23-24-25-28(21)19-5-3-2-4-6-19/h2-8,10-11H,9,12-17H2,1H3. The van der Waals surface area contributed by atoms with Gasteiger partial charge >= 0.3 is 0 Å². The van der Waals surface area contributed by atoms with Gasteiger partial charge in [-0.25, -0.2) is 0 Å². The Morgan fingerprint density at radius 2 is 1.73 bits per heavy atom. The highest BCUT2D eigenvalue weighted by Crippen LogP contribution is 2.15. The van der Waals surface area contributed by atoms with Crippen molar-refractivity contribution in [3.63, 3.8) is 0 Å². The van der Waals surface area contributed by atoms with Gasteiger partial charge in [0.25, 0.3) is 0 Å². The molecule has 0 N–H and O–H groups in total. The second-order valence-corrected chi connectivity index (χ2v) is 7.35. The van der Waals surface area contributed by atoms with E-state index in [-0.39, 0.29) is 5.91 Å². The van der Waals surface area contributed by atoms with E-state index in [4.69, 9.17) is 4.74 Å². The molecule has 0 aliphatic carbocycles. The molecular weight excluding hydrogens is 380 g/mol. The Balaban J connectivity index is 1.26. The molecule has 30 heavy (non-hydrogen) atoms. The third kappa shape index (κ3) is 4.83. The van der Waals surface area contributed by atoms with Gasteiger partial charge in [0.15, 0.2) is 5.82 Å². The van der Waals surface area contributed by atoms with Crippen LogP contribution in [0.15, 0.2) is 54.6 Å². The Bertz CT molecular complexity index is 949. The number of para-hydroxylation sites is 1. The lowest BCUT2D eigenvalue weighted by Gasteiger charge is -2.34. The molecule has 2 aromatic carbocycles. The van der Waals surface area contributed by atoms with Gasteiger partial charge in [0.05, 0.1) is 19.3 Å². The molecule has 8 nitrogen and oxygen atoms in total. The van der Waals surface area contributed by atoms with Gasteiger partial charge in [-0.1, -0.05) is 30.3 Å². The molecule has 0 spiro atoms. The summed E-state index contributed by atoms with van der Waals surface area (Å²) in [7, 11) is 1.65. The number of hydrogen-bond donors (Lipinski definition) is 0. The zero-order valence-corrected chi connectivity index (χ0v) is 17.1. The molecule has 1 aromatic heterocycles. The number of aryl methyl sites for hydroxylation is 1. The topological polar surface area (TPSA) is 76.4 Å². The number of amides is 1. The van der Waals surface area contributed by atoms with Gasteiger partial charge in [-0.3, -0.25) is 9.69 Å². The van der Waals surface area contributed by atoms with E-state index in [0.717, 1.165) is 55.4 Å². The number of benzene rings is 2. The van der Waals surface area contributed by atoms with Crippen molar-refractivity contribution in [1.29, 1.82) is 0 Å². The summed E-state index contributed by atoms with van der Waals surface area (Å²) < 4.78 is 6.95. The minimum Gasteiger partial charge on any atom is -0.497 e. The molecule has 0 saturated carbocycles. The third-order valence-electron chi connectivity index (χ3n) is 5.41. The van der Waals surface area contributed by atoms with Crippen molar-refractivity contribution < 1.29 is 9.53 Å². The van der Waals surface area contributed by atoms with E-state index in [2.05, 4.69) is 20.4 Å². The van der Waals surface area contributed by atoms with Crippen LogP contribution in [0.5, 0.6) is 5.75 Å². The number of tetrazole rings is 1. The van der Waals surface area contributed by atoms with Gasteiger partial charge in [0.2, 0.25) is 5.91 Å². The molecule has 0 unspecified atom stereocenters. The number of piperazine rings is 1. The minimum atomic E-state index is 0.208. The number of methoxy groups -OCH3 is 1. The molecule has 0 radical (unpaired) electrons. The monoisotopic (exact) mass is 406 g/mol. The number of hydrogen-bond acceptors (Lipinski definition) is 6. The Morgan fingerprint density at radius 1 is 1.00 bits per heavy atom. The van der Waals surface area contributed by atoms with Crippen LogP contribution in [0.4, 0.5) is 0 Å². The second kappa shape index (κ2) is 9.49. The third-order valence-corrected chi connectivity index (χ3v) is 5.41. The number of carbonyl (C=O) groups excluding carboxylic acids is 1. The van der Waals surface area contributed by atoms with Crippen LogP contribution in [-0.2, 0) is 17.8 Å². The predicted molar refractivity (Wildman–Crippen MR) is 112 cm³/mol. The quantitative estimate of drug-likeness (QED) is 0.597. The van der Waals surface area contributed by atoms with E-state index >= 15 is 0 Å². The van der Waals surface area contributed by atoms with Gasteiger partial charge in [-0.05, 0) is 46.7 Å². The summed E-state index contributed by atoms with van der Waals surface area (Å²) >= 11 is 0. The maximum absolute atomic E-state index is 12.6. The smallest absolute Gasteiger partial charge is 0.222 e.